The summed E-state index contributed by atoms with van der Waals surface area (Å²) in [5, 5.41) is 7.81. The van der Waals surface area contributed by atoms with Crippen molar-refractivity contribution in [2.24, 2.45) is 0 Å². The number of anilines is 1. The van der Waals surface area contributed by atoms with Gasteiger partial charge in [0.1, 0.15) is 5.82 Å². The van der Waals surface area contributed by atoms with Gasteiger partial charge in [-0.1, -0.05) is 6.07 Å². The zero-order valence-corrected chi connectivity index (χ0v) is 13.2. The Morgan fingerprint density at radius 3 is 2.83 bits per heavy atom. The van der Waals surface area contributed by atoms with Crippen LogP contribution in [0.2, 0.25) is 0 Å². The summed E-state index contributed by atoms with van der Waals surface area (Å²) >= 11 is 0. The SMILES string of the molecule is O=c1ccc2cc(-c3cncc(NC4CCNCC4)n3)ccc2[nH]1. The number of hydrogen-bond donors (Lipinski definition) is 3. The van der Waals surface area contributed by atoms with Gasteiger partial charge in [0, 0.05) is 23.2 Å². The summed E-state index contributed by atoms with van der Waals surface area (Å²) in [6.07, 6.45) is 5.72. The number of piperidine rings is 1. The summed E-state index contributed by atoms with van der Waals surface area (Å²) in [6, 6.07) is 9.67. The Morgan fingerprint density at radius 1 is 1.08 bits per heavy atom. The van der Waals surface area contributed by atoms with E-state index in [1.165, 1.54) is 6.07 Å². The third kappa shape index (κ3) is 3.14. The molecular weight excluding hydrogens is 302 g/mol. The van der Waals surface area contributed by atoms with E-state index in [4.69, 9.17) is 4.98 Å². The molecule has 24 heavy (non-hydrogen) atoms. The predicted molar refractivity (Wildman–Crippen MR) is 95.1 cm³/mol. The van der Waals surface area contributed by atoms with Crippen molar-refractivity contribution in [3.8, 4) is 11.3 Å². The van der Waals surface area contributed by atoms with Crippen molar-refractivity contribution in [1.82, 2.24) is 20.3 Å². The molecule has 1 aliphatic heterocycles. The Labute approximate surface area is 139 Å². The fourth-order valence-corrected chi connectivity index (χ4v) is 3.06. The Kier molecular flexibility index (Phi) is 3.96. The van der Waals surface area contributed by atoms with Crippen molar-refractivity contribution in [1.29, 1.82) is 0 Å². The first kappa shape index (κ1) is 14.8. The number of aromatic nitrogens is 3. The van der Waals surface area contributed by atoms with Crippen molar-refractivity contribution >= 4 is 16.7 Å². The Morgan fingerprint density at radius 2 is 1.96 bits per heavy atom. The van der Waals surface area contributed by atoms with Crippen molar-refractivity contribution in [2.45, 2.75) is 18.9 Å². The molecule has 0 saturated carbocycles. The lowest BCUT2D eigenvalue weighted by atomic mass is 10.1. The number of aromatic amines is 1. The maximum absolute atomic E-state index is 11.4. The largest absolute Gasteiger partial charge is 0.366 e. The van der Waals surface area contributed by atoms with Crippen LogP contribution in [0.25, 0.3) is 22.2 Å². The second kappa shape index (κ2) is 6.41. The van der Waals surface area contributed by atoms with Crippen LogP contribution < -0.4 is 16.2 Å². The molecule has 0 atom stereocenters. The van der Waals surface area contributed by atoms with Crippen LogP contribution in [-0.2, 0) is 0 Å². The molecular formula is C18H19N5O. The lowest BCUT2D eigenvalue weighted by Gasteiger charge is -2.24. The van der Waals surface area contributed by atoms with Crippen LogP contribution in [0.4, 0.5) is 5.82 Å². The van der Waals surface area contributed by atoms with Gasteiger partial charge in [0.2, 0.25) is 5.56 Å². The Balaban J connectivity index is 1.62. The first-order valence-electron chi connectivity index (χ1n) is 8.21. The molecule has 122 valence electrons. The van der Waals surface area contributed by atoms with Gasteiger partial charge in [-0.3, -0.25) is 9.78 Å². The molecule has 2 aromatic heterocycles. The van der Waals surface area contributed by atoms with Gasteiger partial charge in [-0.25, -0.2) is 4.98 Å². The molecule has 1 fully saturated rings. The lowest BCUT2D eigenvalue weighted by molar-refractivity contribution is 0.478. The summed E-state index contributed by atoms with van der Waals surface area (Å²) in [5.74, 6) is 0.806. The van der Waals surface area contributed by atoms with Crippen molar-refractivity contribution in [3.63, 3.8) is 0 Å². The summed E-state index contributed by atoms with van der Waals surface area (Å²) in [5.41, 5.74) is 2.53. The number of rotatable bonds is 3. The van der Waals surface area contributed by atoms with E-state index in [0.717, 1.165) is 53.9 Å². The maximum Gasteiger partial charge on any atom is 0.248 e. The minimum atomic E-state index is -0.0942. The average molecular weight is 321 g/mol. The molecule has 1 aliphatic rings. The topological polar surface area (TPSA) is 82.7 Å². The number of nitrogens with one attached hydrogen (secondary N) is 3. The molecule has 0 radical (unpaired) electrons. The van der Waals surface area contributed by atoms with E-state index in [1.807, 2.05) is 24.3 Å². The van der Waals surface area contributed by atoms with Gasteiger partial charge in [0.25, 0.3) is 0 Å². The van der Waals surface area contributed by atoms with Gasteiger partial charge >= 0.3 is 0 Å². The molecule has 1 aromatic carbocycles. The number of H-pyrrole nitrogens is 1. The number of benzene rings is 1. The Bertz CT molecular complexity index is 914. The van der Waals surface area contributed by atoms with Gasteiger partial charge in [0.05, 0.1) is 18.1 Å². The smallest absolute Gasteiger partial charge is 0.248 e. The molecule has 3 heterocycles. The van der Waals surface area contributed by atoms with E-state index in [9.17, 15) is 4.79 Å². The second-order valence-corrected chi connectivity index (χ2v) is 6.08. The molecule has 6 heteroatoms. The third-order valence-electron chi connectivity index (χ3n) is 4.35. The van der Waals surface area contributed by atoms with E-state index in [1.54, 1.807) is 12.4 Å². The monoisotopic (exact) mass is 321 g/mol. The van der Waals surface area contributed by atoms with Gasteiger partial charge in [-0.05, 0) is 49.5 Å². The molecule has 3 aromatic rings. The first-order valence-corrected chi connectivity index (χ1v) is 8.21. The van der Waals surface area contributed by atoms with E-state index in [0.29, 0.717) is 6.04 Å². The molecule has 3 N–H and O–H groups in total. The minimum absolute atomic E-state index is 0.0942. The number of nitrogens with zero attached hydrogens (tertiary/aromatic N) is 2. The van der Waals surface area contributed by atoms with Gasteiger partial charge in [0.15, 0.2) is 0 Å². The zero-order chi connectivity index (χ0) is 16.4. The highest BCUT2D eigenvalue weighted by atomic mass is 16.1. The molecule has 1 saturated heterocycles. The summed E-state index contributed by atoms with van der Waals surface area (Å²) in [7, 11) is 0. The van der Waals surface area contributed by atoms with Gasteiger partial charge in [-0.15, -0.1) is 0 Å². The maximum atomic E-state index is 11.4. The van der Waals surface area contributed by atoms with Crippen LogP contribution >= 0.6 is 0 Å². The second-order valence-electron chi connectivity index (χ2n) is 6.08. The zero-order valence-electron chi connectivity index (χ0n) is 13.2. The molecule has 6 nitrogen and oxygen atoms in total. The third-order valence-corrected chi connectivity index (χ3v) is 4.35. The number of hydrogen-bond acceptors (Lipinski definition) is 5. The number of fused-ring (bicyclic) bond motifs is 1. The van der Waals surface area contributed by atoms with E-state index >= 15 is 0 Å². The highest BCUT2D eigenvalue weighted by Crippen LogP contribution is 2.22. The van der Waals surface area contributed by atoms with Crippen LogP contribution in [0, 0.1) is 0 Å². The van der Waals surface area contributed by atoms with Crippen molar-refractivity contribution < 1.29 is 0 Å². The van der Waals surface area contributed by atoms with Crippen molar-refractivity contribution in [2.75, 3.05) is 18.4 Å². The summed E-state index contributed by atoms with van der Waals surface area (Å²) in [6.45, 7) is 2.07. The summed E-state index contributed by atoms with van der Waals surface area (Å²) in [4.78, 5) is 23.2. The standard InChI is InChI=1S/C18H19N5O/c24-18-4-2-12-9-13(1-3-15(12)23-18)16-10-20-11-17(22-16)21-14-5-7-19-8-6-14/h1-4,9-11,14,19H,5-8H2,(H,21,22)(H,23,24). The minimum Gasteiger partial charge on any atom is -0.366 e. The summed E-state index contributed by atoms with van der Waals surface area (Å²) < 4.78 is 0. The Hall–Kier alpha value is -2.73. The highest BCUT2D eigenvalue weighted by Gasteiger charge is 2.13. The molecule has 0 spiro atoms. The van der Waals surface area contributed by atoms with E-state index in [-0.39, 0.29) is 5.56 Å². The van der Waals surface area contributed by atoms with E-state index < -0.39 is 0 Å². The lowest BCUT2D eigenvalue weighted by Crippen LogP contribution is -2.35. The number of pyridine rings is 1. The van der Waals surface area contributed by atoms with Gasteiger partial charge < -0.3 is 15.6 Å². The van der Waals surface area contributed by atoms with Crippen LogP contribution in [0.1, 0.15) is 12.8 Å². The quantitative estimate of drug-likeness (QED) is 0.688. The van der Waals surface area contributed by atoms with E-state index in [2.05, 4.69) is 20.6 Å². The fraction of sp³-hybridized carbons (Fsp3) is 0.278. The molecule has 4 rings (SSSR count). The molecule has 0 aliphatic carbocycles. The first-order chi connectivity index (χ1) is 11.8. The van der Waals surface area contributed by atoms with Crippen LogP contribution in [0.15, 0.2) is 47.5 Å². The van der Waals surface area contributed by atoms with Crippen LogP contribution in [-0.4, -0.2) is 34.1 Å². The van der Waals surface area contributed by atoms with Crippen molar-refractivity contribution in [3.05, 3.63) is 53.1 Å². The highest BCUT2D eigenvalue weighted by molar-refractivity contribution is 5.83. The van der Waals surface area contributed by atoms with Gasteiger partial charge in [-0.2, -0.15) is 0 Å². The fourth-order valence-electron chi connectivity index (χ4n) is 3.06. The normalized spacial score (nSPS) is 15.5. The average Bonchev–Trinajstić information content (AvgIpc) is 2.62. The molecule has 0 unspecified atom stereocenters. The molecule has 0 bridgehead atoms. The van der Waals surface area contributed by atoms with Crippen LogP contribution in [0.5, 0.6) is 0 Å². The predicted octanol–water partition coefficient (Wildman–Crippen LogP) is 2.15. The van der Waals surface area contributed by atoms with Crippen LogP contribution in [0.3, 0.4) is 0 Å². The molecule has 0 amide bonds.